The van der Waals surface area contributed by atoms with Gasteiger partial charge in [0, 0.05) is 12.0 Å². The van der Waals surface area contributed by atoms with E-state index in [1.54, 1.807) is 38.1 Å². The fourth-order valence-corrected chi connectivity index (χ4v) is 4.23. The maximum Gasteiger partial charge on any atom is 0.305 e. The average molecular weight is 595 g/mol. The number of carbonyl (C=O) groups excluding carboxylic acids is 5. The van der Waals surface area contributed by atoms with Gasteiger partial charge in [-0.2, -0.15) is 0 Å². The summed E-state index contributed by atoms with van der Waals surface area (Å²) in [6, 6.07) is 12.0. The number of aryl methyl sites for hydroxylation is 2. The van der Waals surface area contributed by atoms with E-state index in [0.29, 0.717) is 18.4 Å². The van der Waals surface area contributed by atoms with Crippen molar-refractivity contribution in [3.63, 3.8) is 0 Å². The number of amides is 4. The lowest BCUT2D eigenvalue weighted by Crippen LogP contribution is -2.58. The predicted molar refractivity (Wildman–Crippen MR) is 161 cm³/mol. The highest BCUT2D eigenvalue weighted by atomic mass is 16.4. The molecular weight excluding hydrogens is 552 g/mol. The van der Waals surface area contributed by atoms with Crippen molar-refractivity contribution < 1.29 is 33.9 Å². The summed E-state index contributed by atoms with van der Waals surface area (Å²) >= 11 is 0. The minimum Gasteiger partial charge on any atom is -0.481 e. The summed E-state index contributed by atoms with van der Waals surface area (Å²) in [7, 11) is 0. The van der Waals surface area contributed by atoms with Gasteiger partial charge in [-0.15, -0.1) is 0 Å². The maximum absolute atomic E-state index is 13.1. The van der Waals surface area contributed by atoms with Gasteiger partial charge in [-0.1, -0.05) is 61.9 Å². The van der Waals surface area contributed by atoms with Crippen LogP contribution in [0, 0.1) is 12.8 Å². The molecule has 2 aromatic carbocycles. The molecule has 0 aliphatic carbocycles. The van der Waals surface area contributed by atoms with Crippen LogP contribution in [0.3, 0.4) is 0 Å². The molecule has 5 N–H and O–H groups in total. The third-order valence-electron chi connectivity index (χ3n) is 6.87. The number of Topliss-reactive ketones (excluding diaryl/α,β-unsaturated/α-hetero) is 1. The van der Waals surface area contributed by atoms with Crippen molar-refractivity contribution in [2.75, 3.05) is 0 Å². The lowest BCUT2D eigenvalue weighted by atomic mass is 9.99. The fourth-order valence-electron chi connectivity index (χ4n) is 4.23. The van der Waals surface area contributed by atoms with E-state index in [2.05, 4.69) is 21.3 Å². The molecule has 0 aromatic heterocycles. The van der Waals surface area contributed by atoms with Crippen LogP contribution in [0.5, 0.6) is 0 Å². The second-order valence-corrected chi connectivity index (χ2v) is 11.0. The van der Waals surface area contributed by atoms with Crippen LogP contribution in [0.1, 0.15) is 68.4 Å². The number of benzene rings is 2. The number of hydrogen-bond acceptors (Lipinski definition) is 6. The predicted octanol–water partition coefficient (Wildman–Crippen LogP) is 2.31. The van der Waals surface area contributed by atoms with Gasteiger partial charge in [-0.25, -0.2) is 0 Å². The number of carboxylic acid groups (broad SMARTS) is 1. The normalized spacial score (nSPS) is 13.6. The van der Waals surface area contributed by atoms with Crippen LogP contribution in [-0.2, 0) is 30.4 Å². The molecule has 0 radical (unpaired) electrons. The lowest BCUT2D eigenvalue weighted by Gasteiger charge is -2.26. The second kappa shape index (κ2) is 16.8. The topological polar surface area (TPSA) is 171 Å². The van der Waals surface area contributed by atoms with E-state index < -0.39 is 71.9 Å². The molecule has 0 aliphatic heterocycles. The standard InChI is InChI=1S/C32H42N4O7/c1-19(2)28(32(43)35-25(18-27(38)39)26(37)13-9-12-23-10-7-6-8-11-23)36-30(41)22(5)33-29(40)21(4)34-31(42)24-16-14-20(3)15-17-24/h6-8,10-11,14-17,19,21-22,25,28H,9,12-13,18H2,1-5H3,(H,33,40)(H,34,42)(H,35,43)(H,36,41)(H,38,39)/t21-,22-,25-,28?/m0/s1. The van der Waals surface area contributed by atoms with Crippen molar-refractivity contribution in [3.05, 3.63) is 71.3 Å². The quantitative estimate of drug-likeness (QED) is 0.198. The van der Waals surface area contributed by atoms with Crippen LogP contribution in [0.15, 0.2) is 54.6 Å². The maximum atomic E-state index is 13.1. The van der Waals surface area contributed by atoms with Crippen molar-refractivity contribution in [2.24, 2.45) is 5.92 Å². The molecule has 4 atom stereocenters. The van der Waals surface area contributed by atoms with Gasteiger partial charge in [0.25, 0.3) is 5.91 Å². The van der Waals surface area contributed by atoms with Crippen LogP contribution in [-0.4, -0.2) is 64.7 Å². The molecule has 0 saturated carbocycles. The molecule has 4 amide bonds. The van der Waals surface area contributed by atoms with Gasteiger partial charge in [-0.3, -0.25) is 28.8 Å². The number of nitrogens with one attached hydrogen (secondary N) is 4. The number of ketones is 1. The van der Waals surface area contributed by atoms with Gasteiger partial charge in [-0.05, 0) is 57.2 Å². The third-order valence-corrected chi connectivity index (χ3v) is 6.87. The number of carboxylic acids is 1. The Morgan fingerprint density at radius 3 is 1.88 bits per heavy atom. The van der Waals surface area contributed by atoms with Gasteiger partial charge in [0.2, 0.25) is 17.7 Å². The van der Waals surface area contributed by atoms with E-state index in [0.717, 1.165) is 11.1 Å². The van der Waals surface area contributed by atoms with E-state index in [9.17, 15) is 33.9 Å². The molecule has 0 aliphatic rings. The zero-order valence-corrected chi connectivity index (χ0v) is 25.3. The Balaban J connectivity index is 1.95. The molecule has 11 heteroatoms. The number of aliphatic carboxylic acids is 1. The zero-order chi connectivity index (χ0) is 32.1. The van der Waals surface area contributed by atoms with Crippen LogP contribution >= 0.6 is 0 Å². The highest BCUT2D eigenvalue weighted by Crippen LogP contribution is 2.10. The highest BCUT2D eigenvalue weighted by Gasteiger charge is 2.31. The second-order valence-electron chi connectivity index (χ2n) is 11.0. The van der Waals surface area contributed by atoms with Crippen LogP contribution in [0.2, 0.25) is 0 Å². The monoisotopic (exact) mass is 594 g/mol. The molecule has 2 aromatic rings. The lowest BCUT2D eigenvalue weighted by molar-refractivity contribution is -0.140. The zero-order valence-electron chi connectivity index (χ0n) is 25.3. The Morgan fingerprint density at radius 2 is 1.30 bits per heavy atom. The number of carbonyl (C=O) groups is 6. The van der Waals surface area contributed by atoms with E-state index in [-0.39, 0.29) is 6.42 Å². The Kier molecular flexibility index (Phi) is 13.5. The molecule has 0 heterocycles. The first-order valence-electron chi connectivity index (χ1n) is 14.4. The molecule has 1 unspecified atom stereocenters. The number of rotatable bonds is 16. The van der Waals surface area contributed by atoms with Crippen molar-refractivity contribution in [1.29, 1.82) is 0 Å². The summed E-state index contributed by atoms with van der Waals surface area (Å²) in [6.07, 6.45) is 0.601. The molecule has 0 saturated heterocycles. The van der Waals surface area contributed by atoms with E-state index in [1.165, 1.54) is 13.8 Å². The Labute approximate surface area is 252 Å². The summed E-state index contributed by atoms with van der Waals surface area (Å²) < 4.78 is 0. The summed E-state index contributed by atoms with van der Waals surface area (Å²) in [5.74, 6) is -4.49. The summed E-state index contributed by atoms with van der Waals surface area (Å²) in [5, 5.41) is 19.5. The van der Waals surface area contributed by atoms with Gasteiger partial charge in [0.05, 0.1) is 12.5 Å². The average Bonchev–Trinajstić information content (AvgIpc) is 2.95. The first kappa shape index (κ1) is 34.7. The van der Waals surface area contributed by atoms with Gasteiger partial charge in [0.15, 0.2) is 5.78 Å². The first-order valence-corrected chi connectivity index (χ1v) is 14.4. The molecule has 2 rings (SSSR count). The Hall–Kier alpha value is -4.54. The van der Waals surface area contributed by atoms with E-state index >= 15 is 0 Å². The van der Waals surface area contributed by atoms with Crippen molar-refractivity contribution in [1.82, 2.24) is 21.3 Å². The minimum absolute atomic E-state index is 0.0769. The SMILES string of the molecule is Cc1ccc(C(=O)N[C@@H](C)C(=O)N[C@@H](C)C(=O)NC(C(=O)N[C@@H](CC(=O)O)C(=O)CCCc2ccccc2)C(C)C)cc1. The van der Waals surface area contributed by atoms with Crippen molar-refractivity contribution in [2.45, 2.75) is 84.5 Å². The largest absolute Gasteiger partial charge is 0.481 e. The molecule has 232 valence electrons. The van der Waals surface area contributed by atoms with Crippen LogP contribution in [0.4, 0.5) is 0 Å². The minimum atomic E-state index is -1.26. The van der Waals surface area contributed by atoms with Gasteiger partial charge < -0.3 is 26.4 Å². The van der Waals surface area contributed by atoms with Crippen LogP contribution < -0.4 is 21.3 Å². The van der Waals surface area contributed by atoms with Crippen molar-refractivity contribution in [3.8, 4) is 0 Å². The molecule has 0 spiro atoms. The molecule has 11 nitrogen and oxygen atoms in total. The van der Waals surface area contributed by atoms with Gasteiger partial charge in [0.1, 0.15) is 18.1 Å². The summed E-state index contributed by atoms with van der Waals surface area (Å²) in [5.41, 5.74) is 2.41. The van der Waals surface area contributed by atoms with E-state index in [4.69, 9.17) is 0 Å². The van der Waals surface area contributed by atoms with E-state index in [1.807, 2.05) is 37.3 Å². The molecule has 43 heavy (non-hydrogen) atoms. The van der Waals surface area contributed by atoms with Crippen molar-refractivity contribution >= 4 is 35.4 Å². The van der Waals surface area contributed by atoms with Gasteiger partial charge >= 0.3 is 5.97 Å². The Morgan fingerprint density at radius 1 is 0.721 bits per heavy atom. The molecule has 0 bridgehead atoms. The highest BCUT2D eigenvalue weighted by molar-refractivity contribution is 5.99. The third kappa shape index (κ3) is 11.7. The smallest absolute Gasteiger partial charge is 0.305 e. The van der Waals surface area contributed by atoms with Crippen LogP contribution in [0.25, 0.3) is 0 Å². The Bertz CT molecular complexity index is 1280. The summed E-state index contributed by atoms with van der Waals surface area (Å²) in [6.45, 7) is 8.17. The number of hydrogen-bond donors (Lipinski definition) is 5. The fraction of sp³-hybridized carbons (Fsp3) is 0.438. The first-order chi connectivity index (χ1) is 20.3. The molecule has 0 fully saturated rings. The summed E-state index contributed by atoms with van der Waals surface area (Å²) in [4.78, 5) is 75.4. The molecular formula is C32H42N4O7.